The summed E-state index contributed by atoms with van der Waals surface area (Å²) in [6.45, 7) is 0.351. The summed E-state index contributed by atoms with van der Waals surface area (Å²) in [5.41, 5.74) is 1.27. The van der Waals surface area contributed by atoms with Gasteiger partial charge in [0.25, 0.3) is 15.9 Å². The molecule has 0 atom stereocenters. The molecule has 2 heterocycles. The Hall–Kier alpha value is -4.14. The molecule has 1 aliphatic rings. The van der Waals surface area contributed by atoms with Gasteiger partial charge in [-0.25, -0.2) is 12.8 Å². The molecular formula is C24H16FN3O5S2. The zero-order valence-corrected chi connectivity index (χ0v) is 19.5. The number of amides is 1. The van der Waals surface area contributed by atoms with Crippen LogP contribution < -0.4 is 19.0 Å². The highest BCUT2D eigenvalue weighted by Gasteiger charge is 2.18. The summed E-state index contributed by atoms with van der Waals surface area (Å²) in [6.07, 6.45) is 5.53. The number of aromatic nitrogens is 1. The summed E-state index contributed by atoms with van der Waals surface area (Å²) in [7, 11) is -3.91. The van der Waals surface area contributed by atoms with Crippen molar-refractivity contribution in [1.29, 1.82) is 0 Å². The average Bonchev–Trinajstić information content (AvgIpc) is 3.42. The first-order valence-electron chi connectivity index (χ1n) is 10.2. The third kappa shape index (κ3) is 4.49. The van der Waals surface area contributed by atoms with E-state index in [0.717, 1.165) is 34.5 Å². The molecule has 1 amide bonds. The van der Waals surface area contributed by atoms with Crippen molar-refractivity contribution < 1.29 is 27.1 Å². The van der Waals surface area contributed by atoms with Crippen molar-refractivity contribution in [3.05, 3.63) is 76.8 Å². The zero-order chi connectivity index (χ0) is 24.6. The molecule has 8 nitrogen and oxygen atoms in total. The first-order chi connectivity index (χ1) is 16.8. The molecular weight excluding hydrogens is 493 g/mol. The van der Waals surface area contributed by atoms with Crippen LogP contribution in [0.2, 0.25) is 0 Å². The van der Waals surface area contributed by atoms with Gasteiger partial charge in [0, 0.05) is 23.4 Å². The number of benzene rings is 3. The van der Waals surface area contributed by atoms with Crippen LogP contribution in [0, 0.1) is 18.2 Å². The fourth-order valence-electron chi connectivity index (χ4n) is 3.45. The van der Waals surface area contributed by atoms with Gasteiger partial charge in [0.1, 0.15) is 5.82 Å². The number of terminal acetylenes is 1. The highest BCUT2D eigenvalue weighted by atomic mass is 32.2. The Morgan fingerprint density at radius 1 is 1.11 bits per heavy atom. The quantitative estimate of drug-likeness (QED) is 0.413. The molecule has 176 valence electrons. The molecule has 1 aliphatic heterocycles. The van der Waals surface area contributed by atoms with Crippen molar-refractivity contribution in [3.8, 4) is 23.8 Å². The van der Waals surface area contributed by atoms with Crippen LogP contribution in [0.15, 0.2) is 70.6 Å². The minimum atomic E-state index is -3.91. The second kappa shape index (κ2) is 8.90. The summed E-state index contributed by atoms with van der Waals surface area (Å²) in [5.74, 6) is 2.72. The second-order valence-corrected chi connectivity index (χ2v) is 10.1. The van der Waals surface area contributed by atoms with E-state index in [9.17, 15) is 17.6 Å². The molecule has 0 unspecified atom stereocenters. The number of carbonyl (C=O) groups is 1. The Labute approximate surface area is 203 Å². The summed E-state index contributed by atoms with van der Waals surface area (Å²) in [6, 6.07) is 13.9. The molecule has 0 aliphatic carbocycles. The van der Waals surface area contributed by atoms with Gasteiger partial charge in [0.2, 0.25) is 6.79 Å². The number of sulfonamides is 1. The average molecular weight is 510 g/mol. The van der Waals surface area contributed by atoms with Crippen molar-refractivity contribution in [2.45, 2.75) is 11.4 Å². The number of hydrogen-bond acceptors (Lipinski definition) is 6. The highest BCUT2D eigenvalue weighted by molar-refractivity contribution is 7.92. The van der Waals surface area contributed by atoms with E-state index in [4.69, 9.17) is 15.9 Å². The SMILES string of the molecule is C#CCn1c(=NC(=O)c2ccc(NS(=O)(=O)c3ccc(F)cc3)cc2)sc2cc3c(cc21)OCO3. The number of ether oxygens (including phenoxy) is 2. The van der Waals surface area contributed by atoms with Crippen LogP contribution in [0.1, 0.15) is 10.4 Å². The van der Waals surface area contributed by atoms with Crippen LogP contribution in [0.3, 0.4) is 0 Å². The summed E-state index contributed by atoms with van der Waals surface area (Å²) in [5, 5.41) is 0. The number of hydrogen-bond donors (Lipinski definition) is 1. The molecule has 0 saturated carbocycles. The molecule has 0 saturated heterocycles. The van der Waals surface area contributed by atoms with E-state index in [-0.39, 0.29) is 29.5 Å². The number of anilines is 1. The van der Waals surface area contributed by atoms with Crippen LogP contribution in [-0.2, 0) is 16.6 Å². The van der Waals surface area contributed by atoms with Gasteiger partial charge in [-0.05, 0) is 48.5 Å². The van der Waals surface area contributed by atoms with Crippen LogP contribution in [-0.4, -0.2) is 25.7 Å². The van der Waals surface area contributed by atoms with Gasteiger partial charge < -0.3 is 14.0 Å². The van der Waals surface area contributed by atoms with Crippen LogP contribution in [0.5, 0.6) is 11.5 Å². The van der Waals surface area contributed by atoms with Gasteiger partial charge in [0.05, 0.1) is 21.7 Å². The van der Waals surface area contributed by atoms with Gasteiger partial charge in [0.15, 0.2) is 16.3 Å². The Morgan fingerprint density at radius 3 is 2.49 bits per heavy atom. The Kier molecular flexibility index (Phi) is 5.76. The number of thiazole rings is 1. The van der Waals surface area contributed by atoms with E-state index in [0.29, 0.717) is 16.3 Å². The summed E-state index contributed by atoms with van der Waals surface area (Å²) < 4.78 is 53.9. The maximum Gasteiger partial charge on any atom is 0.279 e. The van der Waals surface area contributed by atoms with E-state index in [1.807, 2.05) is 6.07 Å². The predicted molar refractivity (Wildman–Crippen MR) is 128 cm³/mol. The molecule has 35 heavy (non-hydrogen) atoms. The van der Waals surface area contributed by atoms with E-state index in [1.165, 1.54) is 35.6 Å². The highest BCUT2D eigenvalue weighted by Crippen LogP contribution is 2.37. The lowest BCUT2D eigenvalue weighted by Crippen LogP contribution is -2.16. The molecule has 5 rings (SSSR count). The number of carbonyl (C=O) groups excluding carboxylic acids is 1. The molecule has 1 aromatic heterocycles. The fraction of sp³-hybridized carbons (Fsp3) is 0.0833. The number of rotatable bonds is 5. The van der Waals surface area contributed by atoms with Gasteiger partial charge in [-0.2, -0.15) is 4.99 Å². The topological polar surface area (TPSA) is 99.0 Å². The number of halogens is 1. The van der Waals surface area contributed by atoms with Crippen molar-refractivity contribution in [2.24, 2.45) is 4.99 Å². The Balaban J connectivity index is 1.42. The largest absolute Gasteiger partial charge is 0.454 e. The molecule has 4 aromatic rings. The van der Waals surface area contributed by atoms with E-state index >= 15 is 0 Å². The lowest BCUT2D eigenvalue weighted by Gasteiger charge is -2.08. The predicted octanol–water partition coefficient (Wildman–Crippen LogP) is 3.75. The minimum Gasteiger partial charge on any atom is -0.454 e. The lowest BCUT2D eigenvalue weighted by atomic mass is 10.2. The minimum absolute atomic E-state index is 0.0846. The molecule has 0 bridgehead atoms. The monoisotopic (exact) mass is 509 g/mol. The lowest BCUT2D eigenvalue weighted by molar-refractivity contribution is 0.0998. The summed E-state index contributed by atoms with van der Waals surface area (Å²) in [4.78, 5) is 17.4. The second-order valence-electron chi connectivity index (χ2n) is 7.40. The van der Waals surface area contributed by atoms with Crippen LogP contribution in [0.4, 0.5) is 10.1 Å². The van der Waals surface area contributed by atoms with Crippen LogP contribution >= 0.6 is 11.3 Å². The smallest absolute Gasteiger partial charge is 0.279 e. The molecule has 11 heteroatoms. The fourth-order valence-corrected chi connectivity index (χ4v) is 5.55. The van der Waals surface area contributed by atoms with E-state index in [1.54, 1.807) is 10.6 Å². The Bertz CT molecular complexity index is 1670. The third-order valence-electron chi connectivity index (χ3n) is 5.13. The first kappa shape index (κ1) is 22.6. The Morgan fingerprint density at radius 2 is 1.80 bits per heavy atom. The van der Waals surface area contributed by atoms with Crippen molar-refractivity contribution in [3.63, 3.8) is 0 Å². The van der Waals surface area contributed by atoms with Crippen molar-refractivity contribution in [2.75, 3.05) is 11.5 Å². The van der Waals surface area contributed by atoms with E-state index < -0.39 is 21.7 Å². The van der Waals surface area contributed by atoms with Gasteiger partial charge in [-0.1, -0.05) is 17.3 Å². The van der Waals surface area contributed by atoms with Gasteiger partial charge in [-0.3, -0.25) is 9.52 Å². The van der Waals surface area contributed by atoms with Gasteiger partial charge >= 0.3 is 0 Å². The maximum atomic E-state index is 13.1. The van der Waals surface area contributed by atoms with Gasteiger partial charge in [-0.15, -0.1) is 6.42 Å². The number of nitrogens with zero attached hydrogens (tertiary/aromatic N) is 2. The number of fused-ring (bicyclic) bond motifs is 2. The number of nitrogens with one attached hydrogen (secondary N) is 1. The first-order valence-corrected chi connectivity index (χ1v) is 12.5. The molecule has 1 N–H and O–H groups in total. The van der Waals surface area contributed by atoms with Crippen molar-refractivity contribution in [1.82, 2.24) is 4.57 Å². The zero-order valence-electron chi connectivity index (χ0n) is 17.9. The van der Waals surface area contributed by atoms with Crippen LogP contribution in [0.25, 0.3) is 10.2 Å². The van der Waals surface area contributed by atoms with E-state index in [2.05, 4.69) is 15.6 Å². The molecule has 0 spiro atoms. The molecule has 0 radical (unpaired) electrons. The summed E-state index contributed by atoms with van der Waals surface area (Å²) >= 11 is 1.29. The third-order valence-corrected chi connectivity index (χ3v) is 7.57. The normalized spacial score (nSPS) is 13.1. The standard InChI is InChI=1S/C24H16FN3O5S2/c1-2-11-28-19-12-20-21(33-14-32-20)13-22(19)34-24(28)26-23(29)15-3-7-17(8-4-15)27-35(30,31)18-9-5-16(25)6-10-18/h1,3-10,12-13,27H,11,14H2. The molecule has 3 aromatic carbocycles. The molecule has 0 fully saturated rings. The van der Waals surface area contributed by atoms with Crippen molar-refractivity contribution >= 4 is 43.2 Å². The maximum absolute atomic E-state index is 13.1.